The summed E-state index contributed by atoms with van der Waals surface area (Å²) in [4.78, 5) is 24.2. The number of aromatic nitrogens is 1. The number of aliphatic carboxylic acids is 2. The molecular weight excluding hydrogens is 465 g/mol. The van der Waals surface area contributed by atoms with Crippen molar-refractivity contribution in [1.29, 1.82) is 0 Å². The Labute approximate surface area is 200 Å². The fourth-order valence-corrected chi connectivity index (χ4v) is 2.98. The second kappa shape index (κ2) is 13.6. The fourth-order valence-electron chi connectivity index (χ4n) is 2.98. The van der Waals surface area contributed by atoms with E-state index in [0.29, 0.717) is 13.0 Å². The Morgan fingerprint density at radius 1 is 0.943 bits per heavy atom. The van der Waals surface area contributed by atoms with Crippen LogP contribution in [0.2, 0.25) is 0 Å². The minimum atomic E-state index is -5.08. The highest BCUT2D eigenvalue weighted by molar-refractivity contribution is 5.73. The van der Waals surface area contributed by atoms with Gasteiger partial charge in [0.05, 0.1) is 13.0 Å². The van der Waals surface area contributed by atoms with E-state index in [9.17, 15) is 18.0 Å². The molecule has 0 saturated carbocycles. The van der Waals surface area contributed by atoms with Gasteiger partial charge in [-0.05, 0) is 53.8 Å². The summed E-state index contributed by atoms with van der Waals surface area (Å²) in [6, 6.07) is 21.4. The number of ether oxygens (including phenoxy) is 1. The second-order valence-electron chi connectivity index (χ2n) is 7.31. The highest BCUT2D eigenvalue weighted by Gasteiger charge is 2.38. The Bertz CT molecular complexity index is 1090. The van der Waals surface area contributed by atoms with Crippen LogP contribution in [0.25, 0.3) is 0 Å². The van der Waals surface area contributed by atoms with E-state index in [4.69, 9.17) is 19.7 Å². The molecule has 2 aromatic carbocycles. The largest absolute Gasteiger partial charge is 0.494 e. The average Bonchev–Trinajstić information content (AvgIpc) is 2.81. The number of hydrogen-bond donors (Lipinski definition) is 3. The highest BCUT2D eigenvalue weighted by atomic mass is 19.4. The lowest BCUT2D eigenvalue weighted by atomic mass is 9.98. The first-order chi connectivity index (χ1) is 16.6. The van der Waals surface area contributed by atoms with Crippen LogP contribution < -0.4 is 10.1 Å². The van der Waals surface area contributed by atoms with Gasteiger partial charge in [0.2, 0.25) is 0 Å². The maximum atomic E-state index is 11.1. The molecule has 0 amide bonds. The lowest BCUT2D eigenvalue weighted by Crippen LogP contribution is -2.21. The van der Waals surface area contributed by atoms with E-state index < -0.39 is 18.1 Å². The van der Waals surface area contributed by atoms with Gasteiger partial charge in [-0.25, -0.2) is 9.78 Å². The summed E-state index contributed by atoms with van der Waals surface area (Å²) in [5.41, 5.74) is 2.98. The number of carbonyl (C=O) groups is 2. The number of alkyl halides is 3. The van der Waals surface area contributed by atoms with Crippen molar-refractivity contribution < 1.29 is 37.7 Å². The molecule has 0 radical (unpaired) electrons. The predicted molar refractivity (Wildman–Crippen MR) is 124 cm³/mol. The molecule has 0 spiro atoms. The Kier molecular flexibility index (Phi) is 10.5. The predicted octanol–water partition coefficient (Wildman–Crippen LogP) is 4.81. The molecular formula is C25H25F3N2O5. The molecule has 0 aliphatic heterocycles. The number of nitrogens with one attached hydrogen (secondary N) is 1. The monoisotopic (exact) mass is 490 g/mol. The second-order valence-corrected chi connectivity index (χ2v) is 7.31. The van der Waals surface area contributed by atoms with Crippen LogP contribution in [0, 0.1) is 0 Å². The molecule has 35 heavy (non-hydrogen) atoms. The summed E-state index contributed by atoms with van der Waals surface area (Å²) in [6.07, 6.45) is -1.74. The van der Waals surface area contributed by atoms with E-state index >= 15 is 0 Å². The first-order valence-electron chi connectivity index (χ1n) is 10.6. The maximum Gasteiger partial charge on any atom is 0.490 e. The van der Waals surface area contributed by atoms with Gasteiger partial charge in [-0.15, -0.1) is 0 Å². The number of benzene rings is 2. The van der Waals surface area contributed by atoms with Crippen LogP contribution in [0.5, 0.6) is 5.75 Å². The van der Waals surface area contributed by atoms with Gasteiger partial charge in [0.25, 0.3) is 0 Å². The van der Waals surface area contributed by atoms with Crippen molar-refractivity contribution >= 4 is 17.8 Å². The number of anilines is 1. The molecule has 0 fully saturated rings. The van der Waals surface area contributed by atoms with E-state index in [1.807, 2.05) is 66.7 Å². The van der Waals surface area contributed by atoms with Crippen molar-refractivity contribution in [2.75, 3.05) is 18.5 Å². The smallest absolute Gasteiger partial charge is 0.490 e. The zero-order valence-corrected chi connectivity index (χ0v) is 18.7. The van der Waals surface area contributed by atoms with Crippen molar-refractivity contribution in [3.8, 4) is 5.75 Å². The first-order valence-corrected chi connectivity index (χ1v) is 10.6. The van der Waals surface area contributed by atoms with Crippen LogP contribution >= 0.6 is 0 Å². The molecule has 0 aliphatic rings. The average molecular weight is 490 g/mol. The van der Waals surface area contributed by atoms with Gasteiger partial charge in [0.15, 0.2) is 0 Å². The number of carboxylic acid groups (broad SMARTS) is 2. The summed E-state index contributed by atoms with van der Waals surface area (Å²) in [5, 5.41) is 19.5. The van der Waals surface area contributed by atoms with Crippen LogP contribution in [-0.4, -0.2) is 46.5 Å². The topological polar surface area (TPSA) is 109 Å². The molecule has 0 aliphatic carbocycles. The Morgan fingerprint density at radius 3 is 2.26 bits per heavy atom. The van der Waals surface area contributed by atoms with Gasteiger partial charge in [0.1, 0.15) is 11.6 Å². The van der Waals surface area contributed by atoms with Gasteiger partial charge in [0, 0.05) is 12.7 Å². The molecule has 10 heteroatoms. The third kappa shape index (κ3) is 10.6. The Balaban J connectivity index is 0.000000540. The summed E-state index contributed by atoms with van der Waals surface area (Å²) >= 11 is 0. The molecule has 0 unspecified atom stereocenters. The van der Waals surface area contributed by atoms with Crippen LogP contribution in [0.4, 0.5) is 19.0 Å². The number of carboxylic acids is 2. The van der Waals surface area contributed by atoms with Crippen molar-refractivity contribution in [1.82, 2.24) is 4.98 Å². The summed E-state index contributed by atoms with van der Waals surface area (Å²) in [7, 11) is 0. The van der Waals surface area contributed by atoms with Crippen molar-refractivity contribution in [2.24, 2.45) is 0 Å². The fraction of sp³-hybridized carbons (Fsp3) is 0.240. The van der Waals surface area contributed by atoms with Gasteiger partial charge in [-0.3, -0.25) is 4.79 Å². The molecule has 186 valence electrons. The normalized spacial score (nSPS) is 10.6. The van der Waals surface area contributed by atoms with E-state index in [2.05, 4.69) is 10.3 Å². The molecule has 0 atom stereocenters. The SMILES string of the molecule is O=C(O)C(F)(F)F.O=C(O)Cc1ccccc1Cc1cccc(OCCCNc2ccccn2)c1. The Morgan fingerprint density at radius 2 is 1.63 bits per heavy atom. The molecule has 0 saturated heterocycles. The van der Waals surface area contributed by atoms with E-state index in [-0.39, 0.29) is 6.42 Å². The first kappa shape index (κ1) is 27.2. The quantitative estimate of drug-likeness (QED) is 0.350. The molecule has 7 nitrogen and oxygen atoms in total. The van der Waals surface area contributed by atoms with Gasteiger partial charge in [-0.2, -0.15) is 13.2 Å². The van der Waals surface area contributed by atoms with Gasteiger partial charge >= 0.3 is 18.1 Å². The minimum Gasteiger partial charge on any atom is -0.494 e. The summed E-state index contributed by atoms with van der Waals surface area (Å²) in [6.45, 7) is 1.40. The zero-order valence-electron chi connectivity index (χ0n) is 18.7. The molecule has 1 aromatic heterocycles. The molecule has 3 aromatic rings. The molecule has 3 N–H and O–H groups in total. The number of hydrogen-bond acceptors (Lipinski definition) is 5. The number of halogens is 3. The molecule has 1 heterocycles. The third-order valence-electron chi connectivity index (χ3n) is 4.56. The van der Waals surface area contributed by atoms with E-state index in [1.165, 1.54) is 0 Å². The summed E-state index contributed by atoms with van der Waals surface area (Å²) < 4.78 is 37.6. The molecule has 0 bridgehead atoms. The summed E-state index contributed by atoms with van der Waals surface area (Å²) in [5.74, 6) is -1.88. The number of pyridine rings is 1. The van der Waals surface area contributed by atoms with Crippen molar-refractivity contribution in [3.63, 3.8) is 0 Å². The van der Waals surface area contributed by atoms with Gasteiger partial charge in [-0.1, -0.05) is 42.5 Å². The van der Waals surface area contributed by atoms with Gasteiger partial charge < -0.3 is 20.3 Å². The Hall–Kier alpha value is -4.08. The van der Waals surface area contributed by atoms with Crippen LogP contribution in [0.3, 0.4) is 0 Å². The van der Waals surface area contributed by atoms with Crippen LogP contribution in [0.15, 0.2) is 72.9 Å². The lowest BCUT2D eigenvalue weighted by Gasteiger charge is -2.11. The standard InChI is InChI=1S/C23H24N2O3.C2HF3O2/c26-23(27)17-20-9-2-1-8-19(20)15-18-7-5-10-21(16-18)28-14-6-13-25-22-11-3-4-12-24-22;3-2(4,5)1(6)7/h1-5,7-12,16H,6,13-15,17H2,(H,24,25)(H,26,27);(H,6,7). The number of nitrogens with zero attached hydrogens (tertiary/aromatic N) is 1. The van der Waals surface area contributed by atoms with Crippen LogP contribution in [0.1, 0.15) is 23.1 Å². The van der Waals surface area contributed by atoms with Crippen LogP contribution in [-0.2, 0) is 22.4 Å². The van der Waals surface area contributed by atoms with Crippen molar-refractivity contribution in [3.05, 3.63) is 89.6 Å². The minimum absolute atomic E-state index is 0.0373. The van der Waals surface area contributed by atoms with E-state index in [1.54, 1.807) is 6.20 Å². The van der Waals surface area contributed by atoms with Crippen molar-refractivity contribution in [2.45, 2.75) is 25.4 Å². The van der Waals surface area contributed by atoms with E-state index in [0.717, 1.165) is 41.2 Å². The molecule has 3 rings (SSSR count). The number of rotatable bonds is 10. The third-order valence-corrected chi connectivity index (χ3v) is 4.56. The zero-order chi connectivity index (χ0) is 25.7. The lowest BCUT2D eigenvalue weighted by molar-refractivity contribution is -0.192. The maximum absolute atomic E-state index is 11.1. The highest BCUT2D eigenvalue weighted by Crippen LogP contribution is 2.19.